The van der Waals surface area contributed by atoms with E-state index in [4.69, 9.17) is 0 Å². The van der Waals surface area contributed by atoms with Crippen LogP contribution < -0.4 is 5.32 Å². The van der Waals surface area contributed by atoms with Gasteiger partial charge in [0.1, 0.15) is 5.82 Å². The zero-order valence-corrected chi connectivity index (χ0v) is 12.7. The maximum Gasteiger partial charge on any atom is 0.126 e. The molecule has 1 aromatic carbocycles. The second kappa shape index (κ2) is 6.92. The number of halogens is 1. The zero-order valence-electron chi connectivity index (χ0n) is 11.9. The maximum atomic E-state index is 13.7. The molecule has 1 heterocycles. The van der Waals surface area contributed by atoms with Gasteiger partial charge in [0, 0.05) is 43.7 Å². The molecule has 4 heteroatoms. The van der Waals surface area contributed by atoms with Crippen molar-refractivity contribution in [3.05, 3.63) is 35.6 Å². The summed E-state index contributed by atoms with van der Waals surface area (Å²) in [6, 6.07) is 7.79. The summed E-state index contributed by atoms with van der Waals surface area (Å²) >= 11 is 2.06. The predicted molar refractivity (Wildman–Crippen MR) is 83.9 cm³/mol. The van der Waals surface area contributed by atoms with Gasteiger partial charge in [-0.05, 0) is 30.4 Å². The molecule has 2 aliphatic rings. The van der Waals surface area contributed by atoms with Gasteiger partial charge in [-0.1, -0.05) is 18.2 Å². The molecule has 1 saturated carbocycles. The summed E-state index contributed by atoms with van der Waals surface area (Å²) in [5.41, 5.74) is 0.901. The Bertz CT molecular complexity index is 428. The van der Waals surface area contributed by atoms with Gasteiger partial charge in [0.15, 0.2) is 0 Å². The van der Waals surface area contributed by atoms with Gasteiger partial charge in [-0.2, -0.15) is 11.8 Å². The largest absolute Gasteiger partial charge is 0.313 e. The molecule has 0 radical (unpaired) electrons. The van der Waals surface area contributed by atoms with Crippen molar-refractivity contribution in [1.29, 1.82) is 0 Å². The second-order valence-electron chi connectivity index (χ2n) is 5.79. The predicted octanol–water partition coefficient (Wildman–Crippen LogP) is 2.71. The van der Waals surface area contributed by atoms with Crippen LogP contribution in [0.4, 0.5) is 4.39 Å². The van der Waals surface area contributed by atoms with Gasteiger partial charge < -0.3 is 10.2 Å². The first-order valence-corrected chi connectivity index (χ1v) is 8.76. The molecule has 1 saturated heterocycles. The summed E-state index contributed by atoms with van der Waals surface area (Å²) in [6.07, 6.45) is 2.16. The fourth-order valence-corrected chi connectivity index (χ4v) is 4.07. The fraction of sp³-hybridized carbons (Fsp3) is 0.625. The van der Waals surface area contributed by atoms with Gasteiger partial charge in [0.25, 0.3) is 0 Å². The van der Waals surface area contributed by atoms with Crippen LogP contribution in [0, 0.1) is 5.82 Å². The normalized spacial score (nSPS) is 27.2. The van der Waals surface area contributed by atoms with Gasteiger partial charge in [-0.25, -0.2) is 4.39 Å². The minimum Gasteiger partial charge on any atom is -0.313 e. The van der Waals surface area contributed by atoms with Crippen LogP contribution >= 0.6 is 11.8 Å². The van der Waals surface area contributed by atoms with E-state index in [1.54, 1.807) is 12.1 Å². The van der Waals surface area contributed by atoms with Crippen molar-refractivity contribution < 1.29 is 4.39 Å². The van der Waals surface area contributed by atoms with Gasteiger partial charge in [0.2, 0.25) is 0 Å². The van der Waals surface area contributed by atoms with Crippen LogP contribution in [0.2, 0.25) is 0 Å². The Labute approximate surface area is 125 Å². The number of thioether (sulfide) groups is 1. The molecule has 1 aliphatic heterocycles. The molecule has 0 amide bonds. The minimum atomic E-state index is -0.0400. The Morgan fingerprint density at radius 1 is 1.20 bits per heavy atom. The molecule has 0 aromatic heterocycles. The average molecular weight is 294 g/mol. The number of nitrogens with zero attached hydrogens (tertiary/aromatic N) is 1. The Hall–Kier alpha value is -0.580. The summed E-state index contributed by atoms with van der Waals surface area (Å²) in [5, 5.41) is 3.61. The number of benzene rings is 1. The Balaban J connectivity index is 1.35. The lowest BCUT2D eigenvalue weighted by Gasteiger charge is -2.37. The molecule has 20 heavy (non-hydrogen) atoms. The monoisotopic (exact) mass is 294 g/mol. The Morgan fingerprint density at radius 2 is 1.95 bits per heavy atom. The van der Waals surface area contributed by atoms with E-state index in [-0.39, 0.29) is 5.82 Å². The third-order valence-electron chi connectivity index (χ3n) is 4.45. The van der Waals surface area contributed by atoms with Crippen LogP contribution in [0.5, 0.6) is 0 Å². The fourth-order valence-electron chi connectivity index (χ4n) is 3.10. The summed E-state index contributed by atoms with van der Waals surface area (Å²) in [7, 11) is 0. The molecule has 2 nitrogen and oxygen atoms in total. The molecule has 0 unspecified atom stereocenters. The van der Waals surface area contributed by atoms with Crippen molar-refractivity contribution in [2.45, 2.75) is 24.8 Å². The quantitative estimate of drug-likeness (QED) is 0.899. The summed E-state index contributed by atoms with van der Waals surface area (Å²) < 4.78 is 13.7. The van der Waals surface area contributed by atoms with Gasteiger partial charge in [-0.3, -0.25) is 0 Å². The van der Waals surface area contributed by atoms with Gasteiger partial charge in [0.05, 0.1) is 0 Å². The maximum absolute atomic E-state index is 13.7. The highest BCUT2D eigenvalue weighted by molar-refractivity contribution is 7.99. The van der Waals surface area contributed by atoms with Crippen molar-refractivity contribution >= 4 is 11.8 Å². The van der Waals surface area contributed by atoms with E-state index >= 15 is 0 Å². The van der Waals surface area contributed by atoms with E-state index in [9.17, 15) is 4.39 Å². The third kappa shape index (κ3) is 3.54. The van der Waals surface area contributed by atoms with E-state index in [0.29, 0.717) is 12.0 Å². The Kier molecular flexibility index (Phi) is 4.97. The average Bonchev–Trinajstić information content (AvgIpc) is 2.44. The van der Waals surface area contributed by atoms with E-state index < -0.39 is 0 Å². The third-order valence-corrected chi connectivity index (χ3v) is 5.39. The van der Waals surface area contributed by atoms with Gasteiger partial charge >= 0.3 is 0 Å². The van der Waals surface area contributed by atoms with Crippen molar-refractivity contribution in [3.63, 3.8) is 0 Å². The first-order chi connectivity index (χ1) is 9.83. The SMILES string of the molecule is Fc1ccccc1C1CC(NCCN2CCSCC2)C1. The molecule has 1 aromatic rings. The van der Waals surface area contributed by atoms with Crippen LogP contribution in [0.15, 0.2) is 24.3 Å². The minimum absolute atomic E-state index is 0.0400. The lowest BCUT2D eigenvalue weighted by Crippen LogP contribution is -2.45. The lowest BCUT2D eigenvalue weighted by atomic mass is 9.75. The van der Waals surface area contributed by atoms with Crippen molar-refractivity contribution in [2.24, 2.45) is 0 Å². The van der Waals surface area contributed by atoms with Crippen LogP contribution in [0.3, 0.4) is 0 Å². The van der Waals surface area contributed by atoms with E-state index in [1.807, 2.05) is 12.1 Å². The molecule has 2 fully saturated rings. The molecular formula is C16H23FN2S. The van der Waals surface area contributed by atoms with Crippen molar-refractivity contribution in [3.8, 4) is 0 Å². The molecule has 3 rings (SSSR count). The topological polar surface area (TPSA) is 15.3 Å². The molecular weight excluding hydrogens is 271 g/mol. The van der Waals surface area contributed by atoms with Crippen LogP contribution in [-0.2, 0) is 0 Å². The van der Waals surface area contributed by atoms with Crippen molar-refractivity contribution in [2.75, 3.05) is 37.7 Å². The first kappa shape index (κ1) is 14.4. The number of hydrogen-bond donors (Lipinski definition) is 1. The van der Waals surface area contributed by atoms with Crippen molar-refractivity contribution in [1.82, 2.24) is 10.2 Å². The highest BCUT2D eigenvalue weighted by Crippen LogP contribution is 2.37. The molecule has 0 bridgehead atoms. The molecule has 0 atom stereocenters. The lowest BCUT2D eigenvalue weighted by molar-refractivity contribution is 0.253. The molecule has 1 N–H and O–H groups in total. The molecule has 110 valence electrons. The molecule has 0 spiro atoms. The smallest absolute Gasteiger partial charge is 0.126 e. The second-order valence-corrected chi connectivity index (χ2v) is 7.02. The Morgan fingerprint density at radius 3 is 2.70 bits per heavy atom. The number of rotatable bonds is 5. The van der Waals surface area contributed by atoms with E-state index in [2.05, 4.69) is 22.0 Å². The van der Waals surface area contributed by atoms with Crippen LogP contribution in [0.25, 0.3) is 0 Å². The summed E-state index contributed by atoms with van der Waals surface area (Å²) in [6.45, 7) is 4.68. The summed E-state index contributed by atoms with van der Waals surface area (Å²) in [4.78, 5) is 2.54. The van der Waals surface area contributed by atoms with Crippen LogP contribution in [0.1, 0.15) is 24.3 Å². The number of nitrogens with one attached hydrogen (secondary N) is 1. The standard InChI is InChI=1S/C16H23FN2S/c17-16-4-2-1-3-15(16)13-11-14(12-13)18-5-6-19-7-9-20-10-8-19/h1-4,13-14,18H,5-12H2. The van der Waals surface area contributed by atoms with Gasteiger partial charge in [-0.15, -0.1) is 0 Å². The number of hydrogen-bond acceptors (Lipinski definition) is 3. The first-order valence-electron chi connectivity index (χ1n) is 7.61. The van der Waals surface area contributed by atoms with E-state index in [0.717, 1.165) is 31.5 Å². The molecule has 1 aliphatic carbocycles. The van der Waals surface area contributed by atoms with Crippen LogP contribution in [-0.4, -0.2) is 48.6 Å². The highest BCUT2D eigenvalue weighted by Gasteiger charge is 2.31. The van der Waals surface area contributed by atoms with E-state index in [1.165, 1.54) is 24.6 Å². The zero-order chi connectivity index (χ0) is 13.8. The summed E-state index contributed by atoms with van der Waals surface area (Å²) in [5.74, 6) is 2.93. The highest BCUT2D eigenvalue weighted by atomic mass is 32.2.